The number of benzene rings is 2. The van der Waals surface area contributed by atoms with Crippen molar-refractivity contribution in [2.24, 2.45) is 0 Å². The summed E-state index contributed by atoms with van der Waals surface area (Å²) in [5.74, 6) is -0.117. The van der Waals surface area contributed by atoms with Gasteiger partial charge >= 0.3 is 0 Å². The highest BCUT2D eigenvalue weighted by molar-refractivity contribution is 9.10. The highest BCUT2D eigenvalue weighted by Gasteiger charge is 2.02. The molecule has 0 fully saturated rings. The van der Waals surface area contributed by atoms with Crippen LogP contribution in [0.3, 0.4) is 0 Å². The van der Waals surface area contributed by atoms with Crippen LogP contribution in [0.15, 0.2) is 59.1 Å². The average molecular weight is 330 g/mol. The van der Waals surface area contributed by atoms with E-state index in [-0.39, 0.29) is 5.91 Å². The normalized spacial score (nSPS) is 10.7. The molecular formula is C17H16BrNO. The second kappa shape index (κ2) is 7.06. The number of amides is 1. The van der Waals surface area contributed by atoms with Crippen molar-refractivity contribution in [2.75, 3.05) is 5.32 Å². The van der Waals surface area contributed by atoms with Gasteiger partial charge in [-0.05, 0) is 41.8 Å². The summed E-state index contributed by atoms with van der Waals surface area (Å²) < 4.78 is 1.02. The molecule has 20 heavy (non-hydrogen) atoms. The third-order valence-corrected chi connectivity index (χ3v) is 3.48. The molecule has 2 aromatic rings. The maximum atomic E-state index is 11.9. The summed E-state index contributed by atoms with van der Waals surface area (Å²) in [5.41, 5.74) is 3.01. The van der Waals surface area contributed by atoms with Gasteiger partial charge in [-0.25, -0.2) is 0 Å². The number of nitrogens with one attached hydrogen (secondary N) is 1. The molecule has 2 nitrogen and oxygen atoms in total. The van der Waals surface area contributed by atoms with Gasteiger partial charge < -0.3 is 5.32 Å². The first-order valence-electron chi connectivity index (χ1n) is 6.51. The predicted molar refractivity (Wildman–Crippen MR) is 87.6 cm³/mol. The van der Waals surface area contributed by atoms with Gasteiger partial charge in [0.1, 0.15) is 0 Å². The number of para-hydroxylation sites is 1. The lowest BCUT2D eigenvalue weighted by atomic mass is 10.1. The molecule has 0 aliphatic heterocycles. The molecule has 2 rings (SSSR count). The molecule has 0 saturated heterocycles. The number of anilines is 1. The molecule has 1 amide bonds. The lowest BCUT2D eigenvalue weighted by Crippen LogP contribution is -2.09. The lowest BCUT2D eigenvalue weighted by Gasteiger charge is -2.07. The van der Waals surface area contributed by atoms with E-state index in [2.05, 4.69) is 28.2 Å². The number of rotatable bonds is 4. The second-order valence-electron chi connectivity index (χ2n) is 4.38. The average Bonchev–Trinajstić information content (AvgIpc) is 2.47. The highest BCUT2D eigenvalue weighted by Crippen LogP contribution is 2.16. The van der Waals surface area contributed by atoms with E-state index in [4.69, 9.17) is 0 Å². The molecule has 2 aromatic carbocycles. The molecule has 0 aliphatic carbocycles. The minimum Gasteiger partial charge on any atom is -0.322 e. The van der Waals surface area contributed by atoms with Crippen LogP contribution in [-0.4, -0.2) is 5.91 Å². The maximum Gasteiger partial charge on any atom is 0.248 e. The maximum absolute atomic E-state index is 11.9. The van der Waals surface area contributed by atoms with Crippen LogP contribution < -0.4 is 5.32 Å². The summed E-state index contributed by atoms with van der Waals surface area (Å²) in [4.78, 5) is 11.9. The zero-order chi connectivity index (χ0) is 14.4. The molecule has 0 spiro atoms. The Balaban J connectivity index is 2.03. The smallest absolute Gasteiger partial charge is 0.248 e. The van der Waals surface area contributed by atoms with Crippen LogP contribution in [0.2, 0.25) is 0 Å². The van der Waals surface area contributed by atoms with Gasteiger partial charge in [-0.15, -0.1) is 0 Å². The predicted octanol–water partition coefficient (Wildman–Crippen LogP) is 4.66. The minimum absolute atomic E-state index is 0.117. The van der Waals surface area contributed by atoms with Crippen LogP contribution in [0.1, 0.15) is 18.1 Å². The van der Waals surface area contributed by atoms with E-state index in [0.717, 1.165) is 27.7 Å². The lowest BCUT2D eigenvalue weighted by molar-refractivity contribution is -0.111. The monoisotopic (exact) mass is 329 g/mol. The molecule has 0 saturated carbocycles. The van der Waals surface area contributed by atoms with Crippen molar-refractivity contribution < 1.29 is 4.79 Å². The number of carbonyl (C=O) groups is 1. The molecule has 0 bridgehead atoms. The Morgan fingerprint density at radius 3 is 2.55 bits per heavy atom. The van der Waals surface area contributed by atoms with Crippen molar-refractivity contribution in [1.82, 2.24) is 0 Å². The van der Waals surface area contributed by atoms with Gasteiger partial charge in [0.2, 0.25) is 5.91 Å². The van der Waals surface area contributed by atoms with E-state index >= 15 is 0 Å². The number of halogens is 1. The first-order chi connectivity index (χ1) is 9.69. The van der Waals surface area contributed by atoms with Gasteiger partial charge in [0.15, 0.2) is 0 Å². The third-order valence-electron chi connectivity index (χ3n) is 2.95. The Morgan fingerprint density at radius 2 is 1.85 bits per heavy atom. The molecule has 102 valence electrons. The van der Waals surface area contributed by atoms with Crippen molar-refractivity contribution >= 4 is 33.6 Å². The van der Waals surface area contributed by atoms with Gasteiger partial charge in [-0.3, -0.25) is 4.79 Å². The largest absolute Gasteiger partial charge is 0.322 e. The van der Waals surface area contributed by atoms with E-state index < -0.39 is 0 Å². The standard InChI is InChI=1S/C17H16BrNO/c1-2-14-5-3-4-6-16(14)19-17(20)12-9-13-7-10-15(18)11-8-13/h3-12H,2H2,1H3,(H,19,20). The summed E-state index contributed by atoms with van der Waals surface area (Å²) in [6, 6.07) is 15.6. The fourth-order valence-corrected chi connectivity index (χ4v) is 2.14. The fraction of sp³-hybridized carbons (Fsp3) is 0.118. The van der Waals surface area contributed by atoms with Crippen molar-refractivity contribution in [3.63, 3.8) is 0 Å². The Kier molecular flexibility index (Phi) is 5.13. The van der Waals surface area contributed by atoms with Crippen LogP contribution in [0.25, 0.3) is 6.08 Å². The molecular weight excluding hydrogens is 314 g/mol. The number of hydrogen-bond donors (Lipinski definition) is 1. The summed E-state index contributed by atoms with van der Waals surface area (Å²) in [6.07, 6.45) is 4.25. The molecule has 0 unspecified atom stereocenters. The third kappa shape index (κ3) is 4.07. The SMILES string of the molecule is CCc1ccccc1NC(=O)C=Cc1ccc(Br)cc1. The summed E-state index contributed by atoms with van der Waals surface area (Å²) >= 11 is 3.38. The topological polar surface area (TPSA) is 29.1 Å². The van der Waals surface area contributed by atoms with Crippen molar-refractivity contribution in [1.29, 1.82) is 0 Å². The first-order valence-corrected chi connectivity index (χ1v) is 7.31. The van der Waals surface area contributed by atoms with Crippen LogP contribution in [0.5, 0.6) is 0 Å². The van der Waals surface area contributed by atoms with Crippen molar-refractivity contribution in [3.8, 4) is 0 Å². The summed E-state index contributed by atoms with van der Waals surface area (Å²) in [5, 5.41) is 2.91. The van der Waals surface area contributed by atoms with Crippen LogP contribution in [0, 0.1) is 0 Å². The van der Waals surface area contributed by atoms with E-state index in [0.29, 0.717) is 0 Å². The van der Waals surface area contributed by atoms with Gasteiger partial charge in [0.05, 0.1) is 0 Å². The molecule has 1 N–H and O–H groups in total. The zero-order valence-corrected chi connectivity index (χ0v) is 12.9. The quantitative estimate of drug-likeness (QED) is 0.812. The van der Waals surface area contributed by atoms with Crippen molar-refractivity contribution in [2.45, 2.75) is 13.3 Å². The van der Waals surface area contributed by atoms with Gasteiger partial charge in [0, 0.05) is 16.2 Å². The van der Waals surface area contributed by atoms with Gasteiger partial charge in [0.25, 0.3) is 0 Å². The van der Waals surface area contributed by atoms with E-state index in [1.807, 2.05) is 48.5 Å². The fourth-order valence-electron chi connectivity index (χ4n) is 1.87. The minimum atomic E-state index is -0.117. The van der Waals surface area contributed by atoms with E-state index in [9.17, 15) is 4.79 Å². The molecule has 0 aliphatic rings. The van der Waals surface area contributed by atoms with E-state index in [1.165, 1.54) is 0 Å². The van der Waals surface area contributed by atoms with E-state index in [1.54, 1.807) is 12.2 Å². The number of hydrogen-bond acceptors (Lipinski definition) is 1. The molecule has 3 heteroatoms. The van der Waals surface area contributed by atoms with Crippen LogP contribution in [-0.2, 0) is 11.2 Å². The molecule has 0 heterocycles. The Morgan fingerprint density at radius 1 is 1.15 bits per heavy atom. The zero-order valence-electron chi connectivity index (χ0n) is 11.3. The number of carbonyl (C=O) groups excluding carboxylic acids is 1. The second-order valence-corrected chi connectivity index (χ2v) is 5.30. The molecule has 0 aromatic heterocycles. The molecule has 0 atom stereocenters. The summed E-state index contributed by atoms with van der Waals surface area (Å²) in [7, 11) is 0. The van der Waals surface area contributed by atoms with Crippen molar-refractivity contribution in [3.05, 3.63) is 70.2 Å². The van der Waals surface area contributed by atoms with Crippen LogP contribution >= 0.6 is 15.9 Å². The number of aryl methyl sites for hydroxylation is 1. The Labute approximate surface area is 127 Å². The van der Waals surface area contributed by atoms with Gasteiger partial charge in [-0.1, -0.05) is 53.2 Å². The van der Waals surface area contributed by atoms with Crippen LogP contribution in [0.4, 0.5) is 5.69 Å². The Hall–Kier alpha value is -1.87. The van der Waals surface area contributed by atoms with Gasteiger partial charge in [-0.2, -0.15) is 0 Å². The first kappa shape index (κ1) is 14.5. The Bertz CT molecular complexity index is 617. The highest BCUT2D eigenvalue weighted by atomic mass is 79.9. The summed E-state index contributed by atoms with van der Waals surface area (Å²) in [6.45, 7) is 2.07. The molecule has 0 radical (unpaired) electrons.